The van der Waals surface area contributed by atoms with Gasteiger partial charge in [0.1, 0.15) is 12.3 Å². The van der Waals surface area contributed by atoms with Crippen LogP contribution in [0.2, 0.25) is 5.02 Å². The van der Waals surface area contributed by atoms with Crippen LogP contribution in [0.25, 0.3) is 28.2 Å². The largest absolute Gasteiger partial charge is 0.456 e. The van der Waals surface area contributed by atoms with Gasteiger partial charge in [-0.2, -0.15) is 0 Å². The standard InChI is InChI=1S/C27H18ClN3O3S/c28-17-8-10-23-29-18(13-24(32)31(23)14-17)15-34-27(33)25-20-5-1-2-6-22(20)30-26-16(7-9-21(25)26)12-19-4-3-11-35-19/h1-6,8,10-14H,7,9,15H2. The molecule has 1 aromatic carbocycles. The first-order valence-electron chi connectivity index (χ1n) is 11.1. The highest BCUT2D eigenvalue weighted by Crippen LogP contribution is 2.38. The van der Waals surface area contributed by atoms with Crippen LogP contribution in [0.15, 0.2) is 71.0 Å². The van der Waals surface area contributed by atoms with Crippen LogP contribution < -0.4 is 5.56 Å². The highest BCUT2D eigenvalue weighted by atomic mass is 35.5. The van der Waals surface area contributed by atoms with Crippen molar-refractivity contribution in [2.75, 3.05) is 0 Å². The molecule has 172 valence electrons. The molecule has 4 aromatic heterocycles. The second kappa shape index (κ2) is 8.76. The second-order valence-electron chi connectivity index (χ2n) is 8.25. The molecule has 0 radical (unpaired) electrons. The number of para-hydroxylation sites is 1. The summed E-state index contributed by atoms with van der Waals surface area (Å²) in [7, 11) is 0. The Balaban J connectivity index is 1.37. The van der Waals surface area contributed by atoms with Gasteiger partial charge in [0.15, 0.2) is 0 Å². The number of halogens is 1. The summed E-state index contributed by atoms with van der Waals surface area (Å²) in [6.07, 6.45) is 5.18. The Bertz CT molecular complexity index is 1710. The number of carbonyl (C=O) groups is 1. The van der Waals surface area contributed by atoms with Gasteiger partial charge in [0, 0.05) is 22.5 Å². The molecule has 0 amide bonds. The summed E-state index contributed by atoms with van der Waals surface area (Å²) in [5.41, 5.74) is 4.67. The number of ether oxygens (including phenoxy) is 1. The summed E-state index contributed by atoms with van der Waals surface area (Å²) in [6.45, 7) is -0.115. The number of benzene rings is 1. The Hall–Kier alpha value is -3.81. The van der Waals surface area contributed by atoms with E-state index in [4.69, 9.17) is 21.3 Å². The summed E-state index contributed by atoms with van der Waals surface area (Å²) in [4.78, 5) is 36.4. The van der Waals surface area contributed by atoms with Crippen molar-refractivity contribution >= 4 is 57.1 Å². The summed E-state index contributed by atoms with van der Waals surface area (Å²) in [5, 5.41) is 3.24. The van der Waals surface area contributed by atoms with Gasteiger partial charge < -0.3 is 4.74 Å². The van der Waals surface area contributed by atoms with Gasteiger partial charge >= 0.3 is 5.97 Å². The normalized spacial score (nSPS) is 14.0. The fraction of sp³-hybridized carbons (Fsp3) is 0.111. The van der Waals surface area contributed by atoms with E-state index in [1.807, 2.05) is 35.7 Å². The van der Waals surface area contributed by atoms with Crippen molar-refractivity contribution in [3.05, 3.63) is 109 Å². The minimum atomic E-state index is -0.449. The van der Waals surface area contributed by atoms with Crippen LogP contribution in [0.4, 0.5) is 0 Å². The van der Waals surface area contributed by atoms with Crippen molar-refractivity contribution < 1.29 is 9.53 Å². The van der Waals surface area contributed by atoms with Gasteiger partial charge in [0.2, 0.25) is 0 Å². The molecule has 8 heteroatoms. The predicted molar refractivity (Wildman–Crippen MR) is 138 cm³/mol. The molecular formula is C27H18ClN3O3S. The number of carbonyl (C=O) groups excluding carboxylic acids is 1. The van der Waals surface area contributed by atoms with E-state index in [2.05, 4.69) is 17.1 Å². The number of nitrogens with zero attached hydrogens (tertiary/aromatic N) is 3. The summed E-state index contributed by atoms with van der Waals surface area (Å²) in [6, 6.07) is 16.4. The molecule has 0 saturated carbocycles. The van der Waals surface area contributed by atoms with Crippen molar-refractivity contribution in [3.8, 4) is 0 Å². The third kappa shape index (κ3) is 4.03. The lowest BCUT2D eigenvalue weighted by molar-refractivity contribution is 0.0469. The number of pyridine rings is 2. The smallest absolute Gasteiger partial charge is 0.339 e. The van der Waals surface area contributed by atoms with Crippen LogP contribution in [-0.4, -0.2) is 20.3 Å². The third-order valence-corrected chi connectivity index (χ3v) is 7.08. The summed E-state index contributed by atoms with van der Waals surface area (Å²) < 4.78 is 7.05. The van der Waals surface area contributed by atoms with E-state index in [1.165, 1.54) is 16.7 Å². The second-order valence-corrected chi connectivity index (χ2v) is 9.67. The summed E-state index contributed by atoms with van der Waals surface area (Å²) >= 11 is 7.65. The van der Waals surface area contributed by atoms with Gasteiger partial charge in [-0.25, -0.2) is 14.8 Å². The third-order valence-electron chi connectivity index (χ3n) is 6.03. The molecule has 0 N–H and O–H groups in total. The van der Waals surface area contributed by atoms with E-state index >= 15 is 0 Å². The van der Waals surface area contributed by atoms with Crippen LogP contribution in [0.3, 0.4) is 0 Å². The number of allylic oxidation sites excluding steroid dienone is 1. The molecular weight excluding hydrogens is 482 g/mol. The van der Waals surface area contributed by atoms with Gasteiger partial charge in [-0.15, -0.1) is 11.3 Å². The van der Waals surface area contributed by atoms with Crippen LogP contribution >= 0.6 is 22.9 Å². The topological polar surface area (TPSA) is 73.6 Å². The zero-order valence-electron chi connectivity index (χ0n) is 18.4. The number of hydrogen-bond acceptors (Lipinski definition) is 6. The number of thiophene rings is 1. The van der Waals surface area contributed by atoms with Crippen molar-refractivity contribution in [2.24, 2.45) is 0 Å². The lowest BCUT2D eigenvalue weighted by Crippen LogP contribution is -2.17. The number of hydrogen-bond donors (Lipinski definition) is 0. The maximum absolute atomic E-state index is 13.4. The highest BCUT2D eigenvalue weighted by Gasteiger charge is 2.27. The van der Waals surface area contributed by atoms with Gasteiger partial charge in [0.25, 0.3) is 5.56 Å². The Morgan fingerprint density at radius 2 is 2.00 bits per heavy atom. The van der Waals surface area contributed by atoms with E-state index in [0.717, 1.165) is 39.0 Å². The van der Waals surface area contributed by atoms with Crippen LogP contribution in [-0.2, 0) is 17.8 Å². The first kappa shape index (κ1) is 21.7. The molecule has 6 nitrogen and oxygen atoms in total. The molecule has 0 fully saturated rings. The molecule has 0 saturated heterocycles. The number of esters is 1. The van der Waals surface area contributed by atoms with Gasteiger partial charge in [0.05, 0.1) is 27.5 Å². The van der Waals surface area contributed by atoms with E-state index in [0.29, 0.717) is 28.3 Å². The van der Waals surface area contributed by atoms with Crippen molar-refractivity contribution in [1.29, 1.82) is 0 Å². The lowest BCUT2D eigenvalue weighted by atomic mass is 10.0. The van der Waals surface area contributed by atoms with Crippen LogP contribution in [0, 0.1) is 0 Å². The van der Waals surface area contributed by atoms with Crippen molar-refractivity contribution in [1.82, 2.24) is 14.4 Å². The monoisotopic (exact) mass is 499 g/mol. The Morgan fingerprint density at radius 3 is 2.86 bits per heavy atom. The summed E-state index contributed by atoms with van der Waals surface area (Å²) in [5.74, 6) is -0.449. The average molecular weight is 500 g/mol. The Kier molecular flexibility index (Phi) is 5.43. The minimum Gasteiger partial charge on any atom is -0.456 e. The average Bonchev–Trinajstić information content (AvgIpc) is 3.52. The van der Waals surface area contributed by atoms with Crippen molar-refractivity contribution in [2.45, 2.75) is 19.4 Å². The van der Waals surface area contributed by atoms with Gasteiger partial charge in [-0.1, -0.05) is 35.9 Å². The molecule has 0 bridgehead atoms. The maximum atomic E-state index is 13.4. The minimum absolute atomic E-state index is 0.115. The van der Waals surface area contributed by atoms with E-state index in [-0.39, 0.29) is 12.2 Å². The van der Waals surface area contributed by atoms with E-state index < -0.39 is 5.97 Å². The Labute approximate surface area is 209 Å². The SMILES string of the molecule is O=C(OCc1cc(=O)n2cc(Cl)ccc2n1)c1c2c(nc3ccccc13)C(=Cc1cccs1)CC2. The molecule has 0 atom stereocenters. The molecule has 0 unspecified atom stereocenters. The molecule has 35 heavy (non-hydrogen) atoms. The zero-order valence-corrected chi connectivity index (χ0v) is 20.0. The first-order chi connectivity index (χ1) is 17.1. The molecule has 5 aromatic rings. The fourth-order valence-electron chi connectivity index (χ4n) is 4.47. The molecule has 0 spiro atoms. The highest BCUT2D eigenvalue weighted by molar-refractivity contribution is 7.10. The molecule has 4 heterocycles. The fourth-order valence-corrected chi connectivity index (χ4v) is 5.31. The van der Waals surface area contributed by atoms with Crippen LogP contribution in [0.5, 0.6) is 0 Å². The zero-order chi connectivity index (χ0) is 23.9. The number of fused-ring (bicyclic) bond motifs is 3. The maximum Gasteiger partial charge on any atom is 0.339 e. The number of aromatic nitrogens is 3. The van der Waals surface area contributed by atoms with E-state index in [1.54, 1.807) is 23.5 Å². The van der Waals surface area contributed by atoms with Crippen molar-refractivity contribution in [3.63, 3.8) is 0 Å². The lowest BCUT2D eigenvalue weighted by Gasteiger charge is -2.12. The molecule has 1 aliphatic carbocycles. The van der Waals surface area contributed by atoms with E-state index in [9.17, 15) is 9.59 Å². The quantitative estimate of drug-likeness (QED) is 0.292. The molecule has 1 aliphatic rings. The first-order valence-corrected chi connectivity index (χ1v) is 12.3. The number of rotatable bonds is 4. The predicted octanol–water partition coefficient (Wildman–Crippen LogP) is 5.80. The van der Waals surface area contributed by atoms with Crippen LogP contribution in [0.1, 0.15) is 38.6 Å². The molecule has 0 aliphatic heterocycles. The van der Waals surface area contributed by atoms with Gasteiger partial charge in [-0.3, -0.25) is 9.20 Å². The van der Waals surface area contributed by atoms with Gasteiger partial charge in [-0.05, 0) is 59.7 Å². The Morgan fingerprint density at radius 1 is 1.11 bits per heavy atom. The molecule has 6 rings (SSSR count).